The summed E-state index contributed by atoms with van der Waals surface area (Å²) in [6.45, 7) is -0.106. The van der Waals surface area contributed by atoms with E-state index in [0.29, 0.717) is 11.5 Å². The first-order chi connectivity index (χ1) is 11.9. The van der Waals surface area contributed by atoms with Crippen LogP contribution in [0.4, 0.5) is 11.6 Å². The van der Waals surface area contributed by atoms with Gasteiger partial charge in [0, 0.05) is 6.07 Å². The Bertz CT molecular complexity index is 929. The van der Waals surface area contributed by atoms with Gasteiger partial charge in [-0.2, -0.15) is 0 Å². The lowest BCUT2D eigenvalue weighted by atomic mass is 10.3. The molecule has 1 amide bonds. The lowest BCUT2D eigenvalue weighted by Gasteiger charge is -2.17. The number of benzene rings is 1. The molecule has 1 aromatic carbocycles. The van der Waals surface area contributed by atoms with Crippen molar-refractivity contribution >= 4 is 27.6 Å². The number of nitrogens with zero attached hydrogens (tertiary/aromatic N) is 1. The van der Waals surface area contributed by atoms with Crippen molar-refractivity contribution in [2.24, 2.45) is 0 Å². The quantitative estimate of drug-likeness (QED) is 0.818. The molecule has 1 aliphatic heterocycles. The van der Waals surface area contributed by atoms with Gasteiger partial charge < -0.3 is 19.5 Å². The fourth-order valence-electron chi connectivity index (χ4n) is 2.20. The smallest absolute Gasteiger partial charge is 0.263 e. The van der Waals surface area contributed by atoms with Gasteiger partial charge in [0.05, 0.1) is 19.1 Å². The summed E-state index contributed by atoms with van der Waals surface area (Å²) in [5, 5.41) is 2.51. The van der Waals surface area contributed by atoms with Crippen molar-refractivity contribution in [2.45, 2.75) is 4.90 Å². The van der Waals surface area contributed by atoms with Gasteiger partial charge in [-0.3, -0.25) is 9.52 Å². The minimum absolute atomic E-state index is 0.0232. The number of nitrogens with one attached hydrogen (secondary N) is 2. The van der Waals surface area contributed by atoms with Crippen LogP contribution in [0.5, 0.6) is 17.2 Å². The van der Waals surface area contributed by atoms with E-state index in [2.05, 4.69) is 15.0 Å². The van der Waals surface area contributed by atoms with Crippen molar-refractivity contribution < 1.29 is 27.4 Å². The monoisotopic (exact) mass is 365 g/mol. The fraction of sp³-hybridized carbons (Fsp3) is 0.200. The number of hydrogen-bond acceptors (Lipinski definition) is 7. The summed E-state index contributed by atoms with van der Waals surface area (Å²) < 4.78 is 42.8. The van der Waals surface area contributed by atoms with Gasteiger partial charge in [0.25, 0.3) is 15.9 Å². The first kappa shape index (κ1) is 16.8. The molecule has 0 bridgehead atoms. The summed E-state index contributed by atoms with van der Waals surface area (Å²) >= 11 is 0. The highest BCUT2D eigenvalue weighted by Gasteiger charge is 2.21. The van der Waals surface area contributed by atoms with E-state index in [1.54, 1.807) is 0 Å². The highest BCUT2D eigenvalue weighted by molar-refractivity contribution is 7.92. The summed E-state index contributed by atoms with van der Waals surface area (Å²) in [6.07, 6.45) is 0. The van der Waals surface area contributed by atoms with Crippen LogP contribution in [0.2, 0.25) is 0 Å². The molecule has 0 saturated heterocycles. The number of amides is 1. The molecule has 0 atom stereocenters. The Balaban J connectivity index is 1.89. The number of carbonyl (C=O) groups excluding carboxylic acids is 1. The zero-order valence-corrected chi connectivity index (χ0v) is 14.2. The molecular weight excluding hydrogens is 350 g/mol. The third kappa shape index (κ3) is 3.43. The molecule has 2 aromatic rings. The lowest BCUT2D eigenvalue weighted by molar-refractivity contribution is -0.118. The minimum Gasteiger partial charge on any atom is -0.493 e. The molecule has 0 radical (unpaired) electrons. The molecule has 25 heavy (non-hydrogen) atoms. The van der Waals surface area contributed by atoms with E-state index in [0.717, 1.165) is 0 Å². The third-order valence-electron chi connectivity index (χ3n) is 3.38. The van der Waals surface area contributed by atoms with E-state index in [9.17, 15) is 13.2 Å². The number of anilines is 2. The predicted octanol–water partition coefficient (Wildman–Crippen LogP) is 1.23. The Morgan fingerprint density at radius 3 is 2.64 bits per heavy atom. The predicted molar refractivity (Wildman–Crippen MR) is 88.7 cm³/mol. The van der Waals surface area contributed by atoms with Crippen LogP contribution in [0, 0.1) is 0 Å². The van der Waals surface area contributed by atoms with E-state index < -0.39 is 10.0 Å². The van der Waals surface area contributed by atoms with Gasteiger partial charge in [-0.15, -0.1) is 0 Å². The Morgan fingerprint density at radius 2 is 1.92 bits per heavy atom. The SMILES string of the molecule is COc1ccc(S(=O)(=O)Nc2ccc3c(n2)NC(=O)CO3)cc1OC. The van der Waals surface area contributed by atoms with Gasteiger partial charge in [0.15, 0.2) is 29.7 Å². The normalized spacial score (nSPS) is 13.3. The molecule has 1 aromatic heterocycles. The van der Waals surface area contributed by atoms with Gasteiger partial charge in [-0.1, -0.05) is 0 Å². The van der Waals surface area contributed by atoms with E-state index >= 15 is 0 Å². The average molecular weight is 365 g/mol. The molecule has 3 rings (SSSR count). The lowest BCUT2D eigenvalue weighted by Crippen LogP contribution is -2.26. The Hall–Kier alpha value is -3.01. The van der Waals surface area contributed by atoms with Crippen molar-refractivity contribution in [3.8, 4) is 17.2 Å². The van der Waals surface area contributed by atoms with Crippen molar-refractivity contribution in [1.29, 1.82) is 0 Å². The van der Waals surface area contributed by atoms with Gasteiger partial charge in [0.1, 0.15) is 5.82 Å². The topological polar surface area (TPSA) is 116 Å². The second kappa shape index (κ2) is 6.48. The van der Waals surface area contributed by atoms with Crippen LogP contribution in [0.3, 0.4) is 0 Å². The fourth-order valence-corrected chi connectivity index (χ4v) is 3.22. The van der Waals surface area contributed by atoms with Crippen LogP contribution < -0.4 is 24.2 Å². The molecular formula is C15H15N3O6S. The number of ether oxygens (including phenoxy) is 3. The maximum atomic E-state index is 12.5. The molecule has 0 aliphatic carbocycles. The molecule has 10 heteroatoms. The number of rotatable bonds is 5. The number of fused-ring (bicyclic) bond motifs is 1. The largest absolute Gasteiger partial charge is 0.493 e. The van der Waals surface area contributed by atoms with Crippen molar-refractivity contribution in [2.75, 3.05) is 30.9 Å². The number of aromatic nitrogens is 1. The van der Waals surface area contributed by atoms with Crippen LogP contribution in [0.25, 0.3) is 0 Å². The van der Waals surface area contributed by atoms with Crippen LogP contribution in [0.1, 0.15) is 0 Å². The second-order valence-electron chi connectivity index (χ2n) is 5.00. The van der Waals surface area contributed by atoms with Crippen LogP contribution in [-0.2, 0) is 14.8 Å². The number of carbonyl (C=O) groups is 1. The molecule has 1 aliphatic rings. The third-order valence-corrected chi connectivity index (χ3v) is 4.73. The number of methoxy groups -OCH3 is 2. The van der Waals surface area contributed by atoms with E-state index in [1.807, 2.05) is 0 Å². The van der Waals surface area contributed by atoms with E-state index in [4.69, 9.17) is 14.2 Å². The zero-order valence-electron chi connectivity index (χ0n) is 13.4. The molecule has 0 spiro atoms. The summed E-state index contributed by atoms with van der Waals surface area (Å²) in [6, 6.07) is 7.17. The maximum Gasteiger partial charge on any atom is 0.263 e. The average Bonchev–Trinajstić information content (AvgIpc) is 2.60. The summed E-state index contributed by atoms with van der Waals surface area (Å²) in [7, 11) is -1.04. The van der Waals surface area contributed by atoms with Crippen LogP contribution >= 0.6 is 0 Å². The molecule has 0 saturated carbocycles. The van der Waals surface area contributed by atoms with Crippen molar-refractivity contribution in [1.82, 2.24) is 4.98 Å². The summed E-state index contributed by atoms with van der Waals surface area (Å²) in [5.74, 6) is 0.898. The van der Waals surface area contributed by atoms with Gasteiger partial charge in [-0.25, -0.2) is 13.4 Å². The number of pyridine rings is 1. The molecule has 2 heterocycles. The van der Waals surface area contributed by atoms with Gasteiger partial charge >= 0.3 is 0 Å². The maximum absolute atomic E-state index is 12.5. The highest BCUT2D eigenvalue weighted by atomic mass is 32.2. The second-order valence-corrected chi connectivity index (χ2v) is 6.68. The Morgan fingerprint density at radius 1 is 1.16 bits per heavy atom. The minimum atomic E-state index is -3.91. The first-order valence-electron chi connectivity index (χ1n) is 7.11. The number of hydrogen-bond donors (Lipinski definition) is 2. The summed E-state index contributed by atoms with van der Waals surface area (Å²) in [4.78, 5) is 15.4. The van der Waals surface area contributed by atoms with Crippen LogP contribution in [0.15, 0.2) is 35.2 Å². The van der Waals surface area contributed by atoms with Crippen molar-refractivity contribution in [3.05, 3.63) is 30.3 Å². The summed E-state index contributed by atoms with van der Waals surface area (Å²) in [5.41, 5.74) is 0. The van der Waals surface area contributed by atoms with Gasteiger partial charge in [-0.05, 0) is 24.3 Å². The standard InChI is InChI=1S/C15H15N3O6S/c1-22-10-4-3-9(7-12(10)23-2)25(20,21)18-13-6-5-11-15(16-13)17-14(19)8-24-11/h3-7H,8H2,1-2H3,(H2,16,17,18,19). The molecule has 9 nitrogen and oxygen atoms in total. The van der Waals surface area contributed by atoms with Crippen LogP contribution in [-0.4, -0.2) is 40.1 Å². The molecule has 0 fully saturated rings. The van der Waals surface area contributed by atoms with Crippen molar-refractivity contribution in [3.63, 3.8) is 0 Å². The first-order valence-corrected chi connectivity index (χ1v) is 8.60. The Labute approximate surface area is 144 Å². The highest BCUT2D eigenvalue weighted by Crippen LogP contribution is 2.31. The molecule has 132 valence electrons. The van der Waals surface area contributed by atoms with Gasteiger partial charge in [0.2, 0.25) is 0 Å². The van der Waals surface area contributed by atoms with E-state index in [-0.39, 0.29) is 34.8 Å². The zero-order chi connectivity index (χ0) is 18.0. The number of sulfonamides is 1. The molecule has 0 unspecified atom stereocenters. The Kier molecular flexibility index (Phi) is 4.36. The van der Waals surface area contributed by atoms with E-state index in [1.165, 1.54) is 44.6 Å². The molecule has 2 N–H and O–H groups in total.